The second-order valence-electron chi connectivity index (χ2n) is 9.54. The lowest BCUT2D eigenvalue weighted by molar-refractivity contribution is -0.645. The van der Waals surface area contributed by atoms with E-state index in [0.717, 1.165) is 15.9 Å². The third-order valence-corrected chi connectivity index (χ3v) is 9.28. The van der Waals surface area contributed by atoms with Gasteiger partial charge in [0, 0.05) is 35.1 Å². The Morgan fingerprint density at radius 3 is 2.40 bits per heavy atom. The number of ether oxygens (including phenoxy) is 2. The molecule has 10 heteroatoms. The molecular weight excluding hydrogens is 548 g/mol. The molecule has 1 saturated heterocycles. The fraction of sp³-hybridized carbons (Fsp3) is 0.233. The van der Waals surface area contributed by atoms with Crippen LogP contribution in [-0.4, -0.2) is 25.4 Å². The number of sulfonamides is 1. The third kappa shape index (κ3) is 6.48. The van der Waals surface area contributed by atoms with Crippen LogP contribution in [0, 0.1) is 11.1 Å². The van der Waals surface area contributed by atoms with Gasteiger partial charge >= 0.3 is 0 Å². The minimum Gasteiger partial charge on any atom is -0.618 e. The Hall–Kier alpha value is -3.41. The normalized spacial score (nSPS) is 21.1. The van der Waals surface area contributed by atoms with Crippen LogP contribution in [0.3, 0.4) is 0 Å². The van der Waals surface area contributed by atoms with E-state index in [1.807, 2.05) is 43.3 Å². The highest BCUT2D eigenvalue weighted by atomic mass is 32.2. The van der Waals surface area contributed by atoms with Crippen LogP contribution < -0.4 is 9.45 Å². The van der Waals surface area contributed by atoms with Gasteiger partial charge in [0.15, 0.2) is 12.5 Å². The molecule has 208 valence electrons. The minimum absolute atomic E-state index is 0.0513. The summed E-state index contributed by atoms with van der Waals surface area (Å²) >= 11 is 1.41. The molecule has 0 bridgehead atoms. The average Bonchev–Trinajstić information content (AvgIpc) is 2.98. The van der Waals surface area contributed by atoms with Crippen molar-refractivity contribution in [3.8, 4) is 0 Å². The molecule has 2 heterocycles. The molecule has 3 aromatic carbocycles. The molecule has 1 unspecified atom stereocenters. The number of nitrogens with one attached hydrogen (secondary N) is 1. The van der Waals surface area contributed by atoms with Crippen molar-refractivity contribution in [3.63, 3.8) is 0 Å². The number of hydrogen-bond donors (Lipinski definition) is 2. The van der Waals surface area contributed by atoms with Gasteiger partial charge in [-0.25, -0.2) is 8.42 Å². The van der Waals surface area contributed by atoms with Crippen molar-refractivity contribution in [1.82, 2.24) is 0 Å². The smallest absolute Gasteiger partial charge is 0.261 e. The number of aromatic nitrogens is 1. The number of pyridine rings is 1. The number of nitrogens with zero attached hydrogens (tertiary/aromatic N) is 1. The third-order valence-electron chi connectivity index (χ3n) is 6.77. The molecule has 40 heavy (non-hydrogen) atoms. The Morgan fingerprint density at radius 1 is 0.925 bits per heavy atom. The predicted molar refractivity (Wildman–Crippen MR) is 153 cm³/mol. The van der Waals surface area contributed by atoms with E-state index >= 15 is 0 Å². The molecule has 4 atom stereocenters. The standard InChI is InChI=1S/C30H30N2O6S2/c1-21-27(20-39-28-12-5-6-17-32(28)34)37-30(38-29(21)23-15-13-22(19-33)14-16-23)24-8-7-9-25(18-24)31-40(35,36)26-10-3-2-4-11-26/h2-18,21,27,29-31,33H,19-20H2,1H3/t21-,27+,29+,30?/m0/s1. The molecule has 0 amide bonds. The van der Waals surface area contributed by atoms with Gasteiger partial charge in [0.05, 0.1) is 23.7 Å². The van der Waals surface area contributed by atoms with Gasteiger partial charge in [-0.15, -0.1) is 0 Å². The van der Waals surface area contributed by atoms with Crippen molar-refractivity contribution in [2.75, 3.05) is 10.5 Å². The van der Waals surface area contributed by atoms with Gasteiger partial charge in [-0.3, -0.25) is 4.72 Å². The van der Waals surface area contributed by atoms with Gasteiger partial charge in [0.25, 0.3) is 15.0 Å². The molecule has 8 nitrogen and oxygen atoms in total. The molecule has 1 fully saturated rings. The first-order valence-electron chi connectivity index (χ1n) is 12.8. The van der Waals surface area contributed by atoms with Gasteiger partial charge in [-0.05, 0) is 41.5 Å². The Bertz CT molecular complexity index is 1530. The summed E-state index contributed by atoms with van der Waals surface area (Å²) in [5, 5.41) is 22.3. The first kappa shape index (κ1) is 28.1. The number of hydrogen-bond acceptors (Lipinski definition) is 7. The number of aliphatic hydroxyl groups is 1. The van der Waals surface area contributed by atoms with Gasteiger partial charge in [0.1, 0.15) is 0 Å². The molecule has 5 rings (SSSR count). The lowest BCUT2D eigenvalue weighted by Gasteiger charge is -2.41. The zero-order valence-corrected chi connectivity index (χ0v) is 23.4. The van der Waals surface area contributed by atoms with Crippen molar-refractivity contribution < 1.29 is 27.7 Å². The molecule has 1 aliphatic rings. The molecule has 0 spiro atoms. The lowest BCUT2D eigenvalue weighted by atomic mass is 9.91. The summed E-state index contributed by atoms with van der Waals surface area (Å²) in [4.78, 5) is 0.166. The van der Waals surface area contributed by atoms with Crippen LogP contribution in [0.2, 0.25) is 0 Å². The zero-order chi connectivity index (χ0) is 28.1. The van der Waals surface area contributed by atoms with Crippen LogP contribution in [0.1, 0.15) is 36.0 Å². The topological polar surface area (TPSA) is 112 Å². The quantitative estimate of drug-likeness (QED) is 0.160. The summed E-state index contributed by atoms with van der Waals surface area (Å²) < 4.78 is 42.2. The van der Waals surface area contributed by atoms with E-state index in [1.165, 1.54) is 30.1 Å². The van der Waals surface area contributed by atoms with Gasteiger partial charge < -0.3 is 19.8 Å². The summed E-state index contributed by atoms with van der Waals surface area (Å²) in [7, 11) is -3.77. The lowest BCUT2D eigenvalue weighted by Crippen LogP contribution is -2.39. The van der Waals surface area contributed by atoms with Crippen LogP contribution in [0.15, 0.2) is 113 Å². The maximum atomic E-state index is 12.9. The first-order valence-corrected chi connectivity index (χ1v) is 15.3. The van der Waals surface area contributed by atoms with E-state index in [9.17, 15) is 18.7 Å². The van der Waals surface area contributed by atoms with E-state index in [4.69, 9.17) is 9.47 Å². The van der Waals surface area contributed by atoms with Crippen LogP contribution in [0.25, 0.3) is 0 Å². The summed E-state index contributed by atoms with van der Waals surface area (Å²) in [6.07, 6.45) is 0.0705. The molecular formula is C30H30N2O6S2. The van der Waals surface area contributed by atoms with Gasteiger partial charge in [0.2, 0.25) is 0 Å². The Kier molecular flexibility index (Phi) is 8.72. The van der Waals surface area contributed by atoms with E-state index in [-0.39, 0.29) is 29.6 Å². The Labute approximate surface area is 238 Å². The Balaban J connectivity index is 1.41. The molecule has 0 saturated carbocycles. The van der Waals surface area contributed by atoms with Crippen molar-refractivity contribution in [3.05, 3.63) is 125 Å². The van der Waals surface area contributed by atoms with Gasteiger partial charge in [-0.1, -0.05) is 73.3 Å². The molecule has 1 aromatic heterocycles. The Morgan fingerprint density at radius 2 is 1.68 bits per heavy atom. The predicted octanol–water partition coefficient (Wildman–Crippen LogP) is 5.20. The monoisotopic (exact) mass is 578 g/mol. The van der Waals surface area contributed by atoms with E-state index in [0.29, 0.717) is 22.0 Å². The maximum Gasteiger partial charge on any atom is 0.261 e. The highest BCUT2D eigenvalue weighted by Gasteiger charge is 2.38. The number of thioether (sulfide) groups is 1. The summed E-state index contributed by atoms with van der Waals surface area (Å²) in [6.45, 7) is 2.00. The maximum absolute atomic E-state index is 12.9. The van der Waals surface area contributed by atoms with Crippen LogP contribution in [-0.2, 0) is 26.1 Å². The highest BCUT2D eigenvalue weighted by Crippen LogP contribution is 2.43. The average molecular weight is 579 g/mol. The molecule has 0 radical (unpaired) electrons. The number of anilines is 1. The summed E-state index contributed by atoms with van der Waals surface area (Å²) in [5.41, 5.74) is 2.78. The van der Waals surface area contributed by atoms with Crippen molar-refractivity contribution in [1.29, 1.82) is 0 Å². The number of benzene rings is 3. The van der Waals surface area contributed by atoms with Crippen LogP contribution in [0.4, 0.5) is 5.69 Å². The fourth-order valence-corrected chi connectivity index (χ4v) is 6.71. The van der Waals surface area contributed by atoms with Crippen molar-refractivity contribution in [2.45, 2.75) is 42.0 Å². The van der Waals surface area contributed by atoms with Crippen molar-refractivity contribution >= 4 is 27.5 Å². The van der Waals surface area contributed by atoms with Crippen molar-refractivity contribution in [2.24, 2.45) is 5.92 Å². The molecule has 4 aromatic rings. The van der Waals surface area contributed by atoms with Gasteiger partial charge in [-0.2, -0.15) is 4.73 Å². The first-order chi connectivity index (χ1) is 19.3. The van der Waals surface area contributed by atoms with E-state index < -0.39 is 16.3 Å². The second kappa shape index (κ2) is 12.4. The SMILES string of the molecule is C[C@H]1[C@@H](CSc2cccc[n+]2[O-])OC(c2cccc(NS(=O)(=O)c3ccccc3)c2)O[C@H]1c1ccc(CO)cc1. The zero-order valence-electron chi connectivity index (χ0n) is 21.8. The summed E-state index contributed by atoms with van der Waals surface area (Å²) in [5.74, 6) is 0.450. The number of rotatable bonds is 9. The minimum atomic E-state index is -3.77. The molecule has 0 aliphatic carbocycles. The molecule has 2 N–H and O–H groups in total. The fourth-order valence-electron chi connectivity index (χ4n) is 4.56. The summed E-state index contributed by atoms with van der Waals surface area (Å²) in [6, 6.07) is 28.0. The largest absolute Gasteiger partial charge is 0.618 e. The van der Waals surface area contributed by atoms with Crippen LogP contribution in [0.5, 0.6) is 0 Å². The number of aliphatic hydroxyl groups excluding tert-OH is 1. The van der Waals surface area contributed by atoms with E-state index in [2.05, 4.69) is 4.72 Å². The second-order valence-corrected chi connectivity index (χ2v) is 12.3. The highest BCUT2D eigenvalue weighted by molar-refractivity contribution is 7.99. The molecule has 1 aliphatic heterocycles. The van der Waals surface area contributed by atoms with Crippen LogP contribution >= 0.6 is 11.8 Å². The van der Waals surface area contributed by atoms with E-state index in [1.54, 1.807) is 48.5 Å².